The molecule has 22 heavy (non-hydrogen) atoms. The maximum absolute atomic E-state index is 12.2. The second-order valence-electron chi connectivity index (χ2n) is 4.17. The number of carbonyl (C=O) groups is 1. The third kappa shape index (κ3) is 4.60. The Kier molecular flexibility index (Phi) is 5.61. The van der Waals surface area contributed by atoms with E-state index >= 15 is 0 Å². The number of halogens is 2. The predicted octanol–water partition coefficient (Wildman–Crippen LogP) is 2.43. The van der Waals surface area contributed by atoms with Gasteiger partial charge >= 0.3 is 0 Å². The van der Waals surface area contributed by atoms with Gasteiger partial charge in [-0.1, -0.05) is 23.5 Å². The van der Waals surface area contributed by atoms with Crippen molar-refractivity contribution in [2.24, 2.45) is 0 Å². The van der Waals surface area contributed by atoms with E-state index in [0.29, 0.717) is 27.5 Å². The van der Waals surface area contributed by atoms with Gasteiger partial charge in [-0.15, -0.1) is 10.2 Å². The van der Waals surface area contributed by atoms with Crippen molar-refractivity contribution in [1.82, 2.24) is 14.9 Å². The quantitative estimate of drug-likeness (QED) is 0.618. The normalized spacial score (nSPS) is 12.4. The molecule has 1 heterocycles. The lowest BCUT2D eigenvalue weighted by atomic mass is 10.3. The number of hydrogen-bond acceptors (Lipinski definition) is 6. The van der Waals surface area contributed by atoms with Crippen LogP contribution in [0, 0.1) is 0 Å². The summed E-state index contributed by atoms with van der Waals surface area (Å²) in [5, 5.41) is 10.1. The van der Waals surface area contributed by atoms with Crippen LogP contribution in [0.25, 0.3) is 0 Å². The molecule has 1 aromatic heterocycles. The van der Waals surface area contributed by atoms with Crippen LogP contribution in [0.4, 0.5) is 14.5 Å². The number of carbonyl (C=O) groups excluding carboxylic acids is 1. The fourth-order valence-electron chi connectivity index (χ4n) is 1.49. The summed E-state index contributed by atoms with van der Waals surface area (Å²) in [7, 11) is 0. The van der Waals surface area contributed by atoms with E-state index in [0.717, 1.165) is 11.8 Å². The molecule has 0 saturated carbocycles. The number of thioether (sulfide) groups is 2. The average molecular weight is 345 g/mol. The monoisotopic (exact) mass is 345 g/mol. The van der Waals surface area contributed by atoms with Gasteiger partial charge in [0.2, 0.25) is 11.1 Å². The molecule has 1 aromatic carbocycles. The standard InChI is InChI=1S/C12H13F2N5OS2/c1-7(21-12-18-16-6-19(12)15)10(20)17-8-2-4-9(5-3-8)22-11(13)14/h2-7,11H,15H2,1H3,(H,17,20)/t7-/m0/s1. The van der Waals surface area contributed by atoms with Crippen LogP contribution in [0.2, 0.25) is 0 Å². The molecule has 1 amide bonds. The molecule has 2 aromatic rings. The molecule has 2 rings (SSSR count). The molecular weight excluding hydrogens is 332 g/mol. The summed E-state index contributed by atoms with van der Waals surface area (Å²) in [4.78, 5) is 12.5. The molecule has 0 radical (unpaired) electrons. The Balaban J connectivity index is 1.92. The first-order valence-electron chi connectivity index (χ1n) is 6.13. The Labute approximate surface area is 133 Å². The number of nitrogens with one attached hydrogen (secondary N) is 1. The summed E-state index contributed by atoms with van der Waals surface area (Å²) in [6.45, 7) is 1.70. The number of nitrogens with two attached hydrogens (primary N) is 1. The fraction of sp³-hybridized carbons (Fsp3) is 0.250. The first-order chi connectivity index (χ1) is 10.5. The molecule has 10 heteroatoms. The van der Waals surface area contributed by atoms with Gasteiger partial charge in [-0.25, -0.2) is 4.68 Å². The number of amides is 1. The van der Waals surface area contributed by atoms with Crippen molar-refractivity contribution < 1.29 is 13.6 Å². The molecule has 0 aliphatic heterocycles. The number of hydrogen-bond donors (Lipinski definition) is 2. The second-order valence-corrected chi connectivity index (χ2v) is 6.54. The van der Waals surface area contributed by atoms with Crippen LogP contribution in [-0.2, 0) is 4.79 Å². The van der Waals surface area contributed by atoms with Gasteiger partial charge < -0.3 is 11.2 Å². The Morgan fingerprint density at radius 1 is 1.32 bits per heavy atom. The van der Waals surface area contributed by atoms with E-state index < -0.39 is 11.0 Å². The summed E-state index contributed by atoms with van der Waals surface area (Å²) in [6.07, 6.45) is 1.34. The maximum Gasteiger partial charge on any atom is 0.288 e. The predicted molar refractivity (Wildman–Crippen MR) is 82.4 cm³/mol. The van der Waals surface area contributed by atoms with Crippen molar-refractivity contribution in [3.05, 3.63) is 30.6 Å². The molecule has 6 nitrogen and oxygen atoms in total. The van der Waals surface area contributed by atoms with Gasteiger partial charge in [0.05, 0.1) is 5.25 Å². The van der Waals surface area contributed by atoms with Gasteiger partial charge in [0.25, 0.3) is 5.76 Å². The van der Waals surface area contributed by atoms with Crippen LogP contribution in [0.5, 0.6) is 0 Å². The number of benzene rings is 1. The van der Waals surface area contributed by atoms with Crippen LogP contribution >= 0.6 is 23.5 Å². The molecule has 0 bridgehead atoms. The van der Waals surface area contributed by atoms with Crippen molar-refractivity contribution in [1.29, 1.82) is 0 Å². The van der Waals surface area contributed by atoms with Crippen LogP contribution in [0.1, 0.15) is 6.92 Å². The first-order valence-corrected chi connectivity index (χ1v) is 7.89. The van der Waals surface area contributed by atoms with E-state index in [2.05, 4.69) is 15.5 Å². The van der Waals surface area contributed by atoms with Gasteiger partial charge in [0.1, 0.15) is 6.33 Å². The number of nitrogens with zero attached hydrogens (tertiary/aromatic N) is 3. The summed E-state index contributed by atoms with van der Waals surface area (Å²) < 4.78 is 25.7. The maximum atomic E-state index is 12.2. The van der Waals surface area contributed by atoms with Crippen molar-refractivity contribution >= 4 is 35.1 Å². The molecule has 0 saturated heterocycles. The lowest BCUT2D eigenvalue weighted by molar-refractivity contribution is -0.115. The number of anilines is 1. The van der Waals surface area contributed by atoms with Crippen molar-refractivity contribution in [3.8, 4) is 0 Å². The molecule has 0 aliphatic rings. The molecule has 0 spiro atoms. The number of rotatable bonds is 6. The van der Waals surface area contributed by atoms with Gasteiger partial charge in [0.15, 0.2) is 0 Å². The van der Waals surface area contributed by atoms with E-state index in [9.17, 15) is 13.6 Å². The van der Waals surface area contributed by atoms with E-state index in [1.165, 1.54) is 23.1 Å². The van der Waals surface area contributed by atoms with Crippen LogP contribution in [0.3, 0.4) is 0 Å². The van der Waals surface area contributed by atoms with Gasteiger partial charge in [0, 0.05) is 10.6 Å². The molecule has 1 atom stereocenters. The smallest absolute Gasteiger partial charge is 0.288 e. The van der Waals surface area contributed by atoms with Crippen LogP contribution in [-0.4, -0.2) is 31.8 Å². The summed E-state index contributed by atoms with van der Waals surface area (Å²) in [5.74, 6) is 2.86. The molecule has 0 unspecified atom stereocenters. The molecule has 0 aliphatic carbocycles. The summed E-state index contributed by atoms with van der Waals surface area (Å²) >= 11 is 1.62. The minimum atomic E-state index is -2.47. The van der Waals surface area contributed by atoms with E-state index in [4.69, 9.17) is 5.84 Å². The van der Waals surface area contributed by atoms with Crippen LogP contribution < -0.4 is 11.2 Å². The second kappa shape index (κ2) is 7.45. The van der Waals surface area contributed by atoms with Gasteiger partial charge in [-0.05, 0) is 31.2 Å². The Bertz CT molecular complexity index is 635. The topological polar surface area (TPSA) is 85.8 Å². The fourth-order valence-corrected chi connectivity index (χ4v) is 2.74. The highest BCUT2D eigenvalue weighted by Crippen LogP contribution is 2.26. The molecule has 118 valence electrons. The molecule has 3 N–H and O–H groups in total. The lowest BCUT2D eigenvalue weighted by Crippen LogP contribution is -2.23. The number of alkyl halides is 2. The highest BCUT2D eigenvalue weighted by Gasteiger charge is 2.17. The van der Waals surface area contributed by atoms with E-state index in [-0.39, 0.29) is 5.91 Å². The number of aromatic nitrogens is 3. The third-order valence-electron chi connectivity index (χ3n) is 2.54. The first kappa shape index (κ1) is 16.6. The average Bonchev–Trinajstić information content (AvgIpc) is 2.86. The van der Waals surface area contributed by atoms with Crippen molar-refractivity contribution in [2.75, 3.05) is 11.2 Å². The summed E-state index contributed by atoms with van der Waals surface area (Å²) in [6, 6.07) is 6.21. The lowest BCUT2D eigenvalue weighted by Gasteiger charge is -2.11. The van der Waals surface area contributed by atoms with E-state index in [1.54, 1.807) is 19.1 Å². The zero-order valence-electron chi connectivity index (χ0n) is 11.4. The molecule has 0 fully saturated rings. The van der Waals surface area contributed by atoms with Gasteiger partial charge in [-0.3, -0.25) is 4.79 Å². The summed E-state index contributed by atoms with van der Waals surface area (Å²) in [5.41, 5.74) is 0.533. The van der Waals surface area contributed by atoms with Crippen molar-refractivity contribution in [2.45, 2.75) is 28.0 Å². The Morgan fingerprint density at radius 3 is 2.55 bits per heavy atom. The SMILES string of the molecule is C[C@H](Sc1nncn1N)C(=O)Nc1ccc(SC(F)F)cc1. The molecular formula is C12H13F2N5OS2. The minimum Gasteiger partial charge on any atom is -0.336 e. The third-order valence-corrected chi connectivity index (χ3v) is 4.33. The number of nitrogen functional groups attached to an aromatic ring is 1. The Hall–Kier alpha value is -1.81. The van der Waals surface area contributed by atoms with E-state index in [1.807, 2.05) is 0 Å². The Morgan fingerprint density at radius 2 is 2.00 bits per heavy atom. The van der Waals surface area contributed by atoms with Gasteiger partial charge in [-0.2, -0.15) is 8.78 Å². The largest absolute Gasteiger partial charge is 0.336 e. The zero-order valence-corrected chi connectivity index (χ0v) is 13.1. The zero-order chi connectivity index (χ0) is 16.1. The van der Waals surface area contributed by atoms with Crippen LogP contribution in [0.15, 0.2) is 40.6 Å². The highest BCUT2D eigenvalue weighted by atomic mass is 32.2. The minimum absolute atomic E-state index is 0.248. The highest BCUT2D eigenvalue weighted by molar-refractivity contribution is 8.00. The van der Waals surface area contributed by atoms with Crippen molar-refractivity contribution in [3.63, 3.8) is 0 Å².